The summed E-state index contributed by atoms with van der Waals surface area (Å²) in [5, 5.41) is 5.91. The number of nitrogens with one attached hydrogen (secondary N) is 3. The minimum absolute atomic E-state index is 0.0121. The van der Waals surface area contributed by atoms with Crippen LogP contribution in [0.15, 0.2) is 42.5 Å². The van der Waals surface area contributed by atoms with Crippen molar-refractivity contribution >= 4 is 55.9 Å². The number of allylic oxidation sites excluding steroid dienone is 1. The second kappa shape index (κ2) is 17.2. The standard InChI is InChI=1S/C41H51N5O10S2/c1-5-55-35-20-33(29-16-17-32(54-4)24(2)36(29)43-35)56-26-19-31-37(47)44-41(40(50)45-58(51,52)28-14-15-28)21-25(41)11-9-7-6-8-10-12-30(39(49)46(31)22-26)42-38(48)34-18-13-27(57-34)23-53-3/h9,11,13,16-18,20,25-26,28,30-31H,5-8,10,12,14-15,19,21-23H2,1-4H3,(H,42,48)(H,44,47)(H,45,50)/t25-,26-,30+,31+,41-/m1/s1. The Morgan fingerprint density at radius 1 is 1.07 bits per heavy atom. The number of pyridine rings is 1. The van der Waals surface area contributed by atoms with Crippen LogP contribution < -0.4 is 29.6 Å². The second-order valence-corrected chi connectivity index (χ2v) is 18.5. The lowest BCUT2D eigenvalue weighted by molar-refractivity contribution is -0.141. The molecule has 2 aliphatic heterocycles. The van der Waals surface area contributed by atoms with Crippen LogP contribution >= 0.6 is 11.3 Å². The summed E-state index contributed by atoms with van der Waals surface area (Å²) in [6.07, 6.45) is 7.54. The van der Waals surface area contributed by atoms with Crippen LogP contribution in [0.3, 0.4) is 0 Å². The van der Waals surface area contributed by atoms with E-state index in [9.17, 15) is 27.6 Å². The molecule has 58 heavy (non-hydrogen) atoms. The Morgan fingerprint density at radius 2 is 1.88 bits per heavy atom. The van der Waals surface area contributed by atoms with E-state index in [1.165, 1.54) is 16.2 Å². The Hall–Kier alpha value is -4.74. The topological polar surface area (TPSA) is 192 Å². The molecule has 5 atom stereocenters. The number of hydrogen-bond donors (Lipinski definition) is 3. The summed E-state index contributed by atoms with van der Waals surface area (Å²) in [6.45, 7) is 4.42. The lowest BCUT2D eigenvalue weighted by Crippen LogP contribution is -2.58. The molecule has 0 unspecified atom stereocenters. The predicted octanol–water partition coefficient (Wildman–Crippen LogP) is 4.31. The molecule has 3 fully saturated rings. The first-order valence-electron chi connectivity index (χ1n) is 19.9. The van der Waals surface area contributed by atoms with E-state index in [1.807, 2.05) is 44.2 Å². The fourth-order valence-corrected chi connectivity index (χ4v) is 10.1. The molecule has 312 valence electrons. The number of amides is 4. The average Bonchev–Trinajstić information content (AvgIpc) is 4.08. The van der Waals surface area contributed by atoms with Gasteiger partial charge < -0.3 is 34.5 Å². The summed E-state index contributed by atoms with van der Waals surface area (Å²) >= 11 is 1.27. The van der Waals surface area contributed by atoms with Crippen LogP contribution in [0.25, 0.3) is 10.9 Å². The first-order valence-corrected chi connectivity index (χ1v) is 22.2. The maximum absolute atomic E-state index is 14.8. The summed E-state index contributed by atoms with van der Waals surface area (Å²) in [5.74, 6) is -1.32. The molecular weight excluding hydrogens is 787 g/mol. The fourth-order valence-electron chi connectivity index (χ4n) is 7.87. The number of methoxy groups -OCH3 is 2. The third-order valence-corrected chi connectivity index (χ3v) is 14.1. The number of aromatic nitrogens is 1. The molecule has 2 aromatic heterocycles. The molecule has 0 spiro atoms. The van der Waals surface area contributed by atoms with Crippen LogP contribution in [0.5, 0.6) is 17.4 Å². The monoisotopic (exact) mass is 837 g/mol. The molecule has 0 radical (unpaired) electrons. The lowest BCUT2D eigenvalue weighted by atomic mass is 10.0. The van der Waals surface area contributed by atoms with Crippen molar-refractivity contribution in [3.05, 3.63) is 57.8 Å². The Kier molecular flexibility index (Phi) is 12.3. The molecule has 4 aliphatic rings. The molecule has 15 nitrogen and oxygen atoms in total. The summed E-state index contributed by atoms with van der Waals surface area (Å²) < 4.78 is 51.3. The molecule has 2 aliphatic carbocycles. The SMILES string of the molecule is CCOc1cc(O[C@@H]2C[C@H]3C(=O)N[C@]4(C(=O)NS(=O)(=O)C5CC5)C[C@H]4C=CCCCCC[C@H](NC(=O)c4ccc(COC)s4)C(=O)N3C2)c2ccc(OC)c(C)c2n1. The largest absolute Gasteiger partial charge is 0.496 e. The molecule has 1 saturated heterocycles. The number of benzene rings is 1. The van der Waals surface area contributed by atoms with Crippen LogP contribution in [0.2, 0.25) is 0 Å². The fraction of sp³-hybridized carbons (Fsp3) is 0.537. The molecule has 2 saturated carbocycles. The van der Waals surface area contributed by atoms with E-state index in [-0.39, 0.29) is 19.4 Å². The van der Waals surface area contributed by atoms with E-state index in [1.54, 1.807) is 26.4 Å². The summed E-state index contributed by atoms with van der Waals surface area (Å²) in [4.78, 5) is 64.2. The number of carbonyl (C=O) groups excluding carboxylic acids is 4. The molecule has 1 aromatic carbocycles. The highest BCUT2D eigenvalue weighted by molar-refractivity contribution is 7.91. The summed E-state index contributed by atoms with van der Waals surface area (Å²) in [6, 6.07) is 6.74. The van der Waals surface area contributed by atoms with Gasteiger partial charge in [-0.3, -0.25) is 23.9 Å². The average molecular weight is 838 g/mol. The van der Waals surface area contributed by atoms with Crippen molar-refractivity contribution in [1.29, 1.82) is 0 Å². The molecule has 0 bridgehead atoms. The first-order chi connectivity index (χ1) is 27.9. The van der Waals surface area contributed by atoms with Gasteiger partial charge in [-0.2, -0.15) is 0 Å². The number of ether oxygens (including phenoxy) is 4. The van der Waals surface area contributed by atoms with E-state index in [0.29, 0.717) is 78.5 Å². The van der Waals surface area contributed by atoms with Crippen molar-refractivity contribution in [3.63, 3.8) is 0 Å². The molecule has 17 heteroatoms. The smallest absolute Gasteiger partial charge is 0.262 e. The quantitative estimate of drug-likeness (QED) is 0.221. The van der Waals surface area contributed by atoms with Crippen molar-refractivity contribution in [2.45, 2.75) is 107 Å². The van der Waals surface area contributed by atoms with E-state index in [4.69, 9.17) is 23.9 Å². The van der Waals surface area contributed by atoms with Gasteiger partial charge in [0.1, 0.15) is 35.2 Å². The van der Waals surface area contributed by atoms with Crippen LogP contribution in [-0.4, -0.2) is 98.3 Å². The van der Waals surface area contributed by atoms with Gasteiger partial charge in [-0.1, -0.05) is 25.0 Å². The van der Waals surface area contributed by atoms with Gasteiger partial charge in [0.2, 0.25) is 27.7 Å². The van der Waals surface area contributed by atoms with E-state index >= 15 is 0 Å². The highest BCUT2D eigenvalue weighted by Crippen LogP contribution is 2.46. The molecule has 3 aromatic rings. The van der Waals surface area contributed by atoms with Gasteiger partial charge in [0, 0.05) is 41.3 Å². The second-order valence-electron chi connectivity index (χ2n) is 15.4. The summed E-state index contributed by atoms with van der Waals surface area (Å²) in [7, 11) is -0.754. The highest BCUT2D eigenvalue weighted by Gasteiger charge is 2.62. The Balaban J connectivity index is 1.22. The highest BCUT2D eigenvalue weighted by atomic mass is 32.2. The van der Waals surface area contributed by atoms with E-state index in [2.05, 4.69) is 15.4 Å². The number of carbonyl (C=O) groups is 4. The lowest BCUT2D eigenvalue weighted by Gasteiger charge is -2.30. The van der Waals surface area contributed by atoms with Crippen molar-refractivity contribution in [1.82, 2.24) is 25.2 Å². The normalized spacial score (nSPS) is 25.1. The van der Waals surface area contributed by atoms with Gasteiger partial charge >= 0.3 is 0 Å². The van der Waals surface area contributed by atoms with Gasteiger partial charge in [-0.15, -0.1) is 11.3 Å². The van der Waals surface area contributed by atoms with Gasteiger partial charge in [-0.25, -0.2) is 13.4 Å². The van der Waals surface area contributed by atoms with Crippen LogP contribution in [-0.2, 0) is 35.8 Å². The third-order valence-electron chi connectivity index (χ3n) is 11.2. The number of rotatable bonds is 12. The van der Waals surface area contributed by atoms with E-state index < -0.39 is 68.5 Å². The Morgan fingerprint density at radius 3 is 2.62 bits per heavy atom. The van der Waals surface area contributed by atoms with Crippen LogP contribution in [0.4, 0.5) is 0 Å². The molecule has 4 heterocycles. The zero-order valence-corrected chi connectivity index (χ0v) is 34.8. The number of nitrogens with zero attached hydrogens (tertiary/aromatic N) is 2. The maximum atomic E-state index is 14.8. The van der Waals surface area contributed by atoms with Crippen molar-refractivity contribution in [2.75, 3.05) is 27.4 Å². The van der Waals surface area contributed by atoms with Crippen LogP contribution in [0, 0.1) is 12.8 Å². The first kappa shape index (κ1) is 41.4. The number of thiophene rings is 1. The van der Waals surface area contributed by atoms with Gasteiger partial charge in [0.15, 0.2) is 0 Å². The number of sulfonamides is 1. The minimum atomic E-state index is -3.91. The number of hydrogen-bond acceptors (Lipinski definition) is 12. The van der Waals surface area contributed by atoms with Gasteiger partial charge in [-0.05, 0) is 76.6 Å². The van der Waals surface area contributed by atoms with Gasteiger partial charge in [0.25, 0.3) is 11.8 Å². The van der Waals surface area contributed by atoms with Crippen molar-refractivity contribution < 1.29 is 46.5 Å². The van der Waals surface area contributed by atoms with Crippen molar-refractivity contribution in [2.24, 2.45) is 5.92 Å². The van der Waals surface area contributed by atoms with Crippen molar-refractivity contribution in [3.8, 4) is 17.4 Å². The predicted molar refractivity (Wildman–Crippen MR) is 216 cm³/mol. The molecule has 4 amide bonds. The minimum Gasteiger partial charge on any atom is -0.496 e. The molecular formula is C41H51N5O10S2. The van der Waals surface area contributed by atoms with Gasteiger partial charge in [0.05, 0.1) is 42.5 Å². The zero-order chi connectivity index (χ0) is 41.2. The zero-order valence-electron chi connectivity index (χ0n) is 33.2. The third kappa shape index (κ3) is 8.81. The number of aryl methyl sites for hydroxylation is 1. The maximum Gasteiger partial charge on any atom is 0.262 e. The summed E-state index contributed by atoms with van der Waals surface area (Å²) in [5.41, 5.74) is -0.131. The number of fused-ring (bicyclic) bond motifs is 3. The Bertz CT molecular complexity index is 2210. The molecule has 7 rings (SSSR count). The molecule has 3 N–H and O–H groups in total. The van der Waals surface area contributed by atoms with E-state index in [0.717, 1.165) is 23.3 Å². The van der Waals surface area contributed by atoms with Crippen LogP contribution in [0.1, 0.15) is 84.8 Å². The Labute approximate surface area is 342 Å².